The van der Waals surface area contributed by atoms with E-state index < -0.39 is 0 Å². The molecule has 0 spiro atoms. The lowest BCUT2D eigenvalue weighted by molar-refractivity contribution is -0.116. The lowest BCUT2D eigenvalue weighted by Gasteiger charge is -2.25. The van der Waals surface area contributed by atoms with E-state index in [-0.39, 0.29) is 12.5 Å². The fourth-order valence-corrected chi connectivity index (χ4v) is 2.40. The van der Waals surface area contributed by atoms with E-state index in [1.807, 2.05) is 4.90 Å². The second kappa shape index (κ2) is 8.04. The number of anilines is 2. The van der Waals surface area contributed by atoms with E-state index in [1.165, 1.54) is 6.33 Å². The summed E-state index contributed by atoms with van der Waals surface area (Å²) < 4.78 is 0.760. The summed E-state index contributed by atoms with van der Waals surface area (Å²) in [5, 5.41) is 3.22. The number of carbonyl (C=O) groups excluding carboxylic acids is 1. The average molecular weight is 344 g/mol. The third-order valence-electron chi connectivity index (χ3n) is 2.55. The first-order valence-corrected chi connectivity index (χ1v) is 7.52. The monoisotopic (exact) mass is 343 g/mol. The Labute approximate surface area is 128 Å². The van der Waals surface area contributed by atoms with Gasteiger partial charge >= 0.3 is 0 Å². The summed E-state index contributed by atoms with van der Waals surface area (Å²) in [4.78, 5) is 21.6. The van der Waals surface area contributed by atoms with Gasteiger partial charge in [0.2, 0.25) is 5.91 Å². The van der Waals surface area contributed by atoms with Crippen molar-refractivity contribution in [3.8, 4) is 0 Å². The number of nitrogens with zero attached hydrogens (tertiary/aromatic N) is 3. The Morgan fingerprint density at radius 2 is 2.20 bits per heavy atom. The molecular weight excluding hydrogens is 322 g/mol. The summed E-state index contributed by atoms with van der Waals surface area (Å²) in [6.45, 7) is 7.92. The van der Waals surface area contributed by atoms with E-state index in [9.17, 15) is 4.79 Å². The van der Waals surface area contributed by atoms with Gasteiger partial charge in [0.25, 0.3) is 0 Å². The molecule has 3 N–H and O–H groups in total. The molecule has 0 aliphatic heterocycles. The number of hydrogen-bond acceptors (Lipinski definition) is 5. The van der Waals surface area contributed by atoms with E-state index in [0.29, 0.717) is 18.3 Å². The lowest BCUT2D eigenvalue weighted by atomic mass is 10.2. The minimum absolute atomic E-state index is 0.140. The number of nitrogens with one attached hydrogen (secondary N) is 1. The van der Waals surface area contributed by atoms with Crippen molar-refractivity contribution in [3.63, 3.8) is 0 Å². The minimum atomic E-state index is -0.376. The van der Waals surface area contributed by atoms with Crippen molar-refractivity contribution in [2.45, 2.75) is 27.2 Å². The van der Waals surface area contributed by atoms with Gasteiger partial charge in [0.15, 0.2) is 0 Å². The Balaban J connectivity index is 3.02. The van der Waals surface area contributed by atoms with Crippen LogP contribution in [0.2, 0.25) is 0 Å². The number of halogens is 1. The van der Waals surface area contributed by atoms with Gasteiger partial charge in [0.05, 0.1) is 6.54 Å². The largest absolute Gasteiger partial charge is 0.369 e. The highest BCUT2D eigenvalue weighted by atomic mass is 79.9. The molecule has 0 saturated carbocycles. The minimum Gasteiger partial charge on any atom is -0.369 e. The highest BCUT2D eigenvalue weighted by Crippen LogP contribution is 2.29. The fourth-order valence-electron chi connectivity index (χ4n) is 1.80. The Bertz CT molecular complexity index is 452. The van der Waals surface area contributed by atoms with E-state index in [2.05, 4.69) is 52.0 Å². The van der Waals surface area contributed by atoms with Gasteiger partial charge in [-0.25, -0.2) is 9.97 Å². The maximum Gasteiger partial charge on any atom is 0.236 e. The van der Waals surface area contributed by atoms with Crippen LogP contribution in [0.1, 0.15) is 27.2 Å². The highest BCUT2D eigenvalue weighted by Gasteiger charge is 2.18. The summed E-state index contributed by atoms with van der Waals surface area (Å²) in [6.07, 6.45) is 2.50. The Hall–Kier alpha value is -1.37. The molecule has 1 rings (SSSR count). The number of nitrogens with two attached hydrogens (primary N) is 1. The molecule has 20 heavy (non-hydrogen) atoms. The molecule has 6 nitrogen and oxygen atoms in total. The maximum absolute atomic E-state index is 11.2. The zero-order chi connectivity index (χ0) is 15.1. The molecule has 0 saturated heterocycles. The van der Waals surface area contributed by atoms with Crippen molar-refractivity contribution in [1.29, 1.82) is 0 Å². The van der Waals surface area contributed by atoms with Gasteiger partial charge in [0.1, 0.15) is 22.4 Å². The van der Waals surface area contributed by atoms with Crippen molar-refractivity contribution in [1.82, 2.24) is 9.97 Å². The third kappa shape index (κ3) is 4.96. The van der Waals surface area contributed by atoms with Crippen molar-refractivity contribution >= 4 is 33.5 Å². The molecule has 0 bridgehead atoms. The predicted octanol–water partition coefficient (Wildman–Crippen LogP) is 2.01. The van der Waals surface area contributed by atoms with Crippen LogP contribution in [0, 0.1) is 5.92 Å². The molecule has 0 fully saturated rings. The van der Waals surface area contributed by atoms with Crippen LogP contribution < -0.4 is 16.0 Å². The summed E-state index contributed by atoms with van der Waals surface area (Å²) >= 11 is 3.51. The molecule has 112 valence electrons. The van der Waals surface area contributed by atoms with Gasteiger partial charge in [0, 0.05) is 13.1 Å². The van der Waals surface area contributed by atoms with E-state index in [0.717, 1.165) is 23.3 Å². The second-order valence-electron chi connectivity index (χ2n) is 5.03. The molecule has 0 aliphatic rings. The van der Waals surface area contributed by atoms with E-state index in [4.69, 9.17) is 5.73 Å². The van der Waals surface area contributed by atoms with Gasteiger partial charge in [-0.05, 0) is 28.3 Å². The average Bonchev–Trinajstić information content (AvgIpc) is 2.35. The molecule has 7 heteroatoms. The summed E-state index contributed by atoms with van der Waals surface area (Å²) in [7, 11) is 0. The number of primary amides is 1. The first-order chi connectivity index (χ1) is 9.45. The van der Waals surface area contributed by atoms with Crippen LogP contribution in [0.3, 0.4) is 0 Å². The van der Waals surface area contributed by atoms with Crippen molar-refractivity contribution in [2.75, 3.05) is 29.9 Å². The molecule has 1 amide bonds. The van der Waals surface area contributed by atoms with Gasteiger partial charge < -0.3 is 16.0 Å². The van der Waals surface area contributed by atoms with Crippen molar-refractivity contribution in [2.24, 2.45) is 11.7 Å². The van der Waals surface area contributed by atoms with Crippen LogP contribution in [-0.2, 0) is 4.79 Å². The molecule has 0 aliphatic carbocycles. The van der Waals surface area contributed by atoms with Gasteiger partial charge in [-0.15, -0.1) is 0 Å². The predicted molar refractivity (Wildman–Crippen MR) is 84.8 cm³/mol. The number of aromatic nitrogens is 2. The topological polar surface area (TPSA) is 84.1 Å². The van der Waals surface area contributed by atoms with Gasteiger partial charge in [-0.1, -0.05) is 20.8 Å². The number of amides is 1. The third-order valence-corrected chi connectivity index (χ3v) is 3.28. The molecule has 0 atom stereocenters. The van der Waals surface area contributed by atoms with Crippen LogP contribution in [0.4, 0.5) is 11.6 Å². The number of carbonyl (C=O) groups is 1. The summed E-state index contributed by atoms with van der Waals surface area (Å²) in [6, 6.07) is 0. The molecule has 0 radical (unpaired) electrons. The van der Waals surface area contributed by atoms with Crippen LogP contribution in [0.15, 0.2) is 10.8 Å². The van der Waals surface area contributed by atoms with Crippen LogP contribution in [-0.4, -0.2) is 35.5 Å². The number of hydrogen-bond donors (Lipinski definition) is 2. The number of rotatable bonds is 8. The fraction of sp³-hybridized carbons (Fsp3) is 0.615. The molecule has 0 aromatic carbocycles. The van der Waals surface area contributed by atoms with E-state index >= 15 is 0 Å². The highest BCUT2D eigenvalue weighted by molar-refractivity contribution is 9.10. The van der Waals surface area contributed by atoms with Crippen LogP contribution in [0.25, 0.3) is 0 Å². The Morgan fingerprint density at radius 3 is 2.75 bits per heavy atom. The van der Waals surface area contributed by atoms with Crippen molar-refractivity contribution < 1.29 is 4.79 Å². The smallest absolute Gasteiger partial charge is 0.236 e. The second-order valence-corrected chi connectivity index (χ2v) is 5.82. The Kier molecular flexibility index (Phi) is 6.70. The quantitative estimate of drug-likeness (QED) is 0.754. The molecule has 1 heterocycles. The molecule has 0 unspecified atom stereocenters. The van der Waals surface area contributed by atoms with Crippen molar-refractivity contribution in [3.05, 3.63) is 10.8 Å². The zero-order valence-corrected chi connectivity index (χ0v) is 13.8. The van der Waals surface area contributed by atoms with Crippen LogP contribution in [0.5, 0.6) is 0 Å². The normalized spacial score (nSPS) is 10.7. The standard InChI is InChI=1S/C13H22BrN5O/c1-4-5-16-12-11(14)13(18-8-17-12)19(6-9(2)3)7-10(15)20/h8-9H,4-7H2,1-3H3,(H2,15,20)(H,16,17,18). The molecule has 1 aromatic rings. The molecule has 1 aromatic heterocycles. The molecular formula is C13H22BrN5O. The van der Waals surface area contributed by atoms with E-state index in [1.54, 1.807) is 0 Å². The first-order valence-electron chi connectivity index (χ1n) is 6.73. The SMILES string of the molecule is CCCNc1ncnc(N(CC(N)=O)CC(C)C)c1Br. The summed E-state index contributed by atoms with van der Waals surface area (Å²) in [5.41, 5.74) is 5.32. The summed E-state index contributed by atoms with van der Waals surface area (Å²) in [5.74, 6) is 1.43. The van der Waals surface area contributed by atoms with Gasteiger partial charge in [-0.3, -0.25) is 4.79 Å². The van der Waals surface area contributed by atoms with Gasteiger partial charge in [-0.2, -0.15) is 0 Å². The Morgan fingerprint density at radius 1 is 1.50 bits per heavy atom. The lowest BCUT2D eigenvalue weighted by Crippen LogP contribution is -2.37. The maximum atomic E-state index is 11.2. The first kappa shape index (κ1) is 16.7. The zero-order valence-electron chi connectivity index (χ0n) is 12.2. The van der Waals surface area contributed by atoms with Crippen LogP contribution >= 0.6 is 15.9 Å².